The van der Waals surface area contributed by atoms with Crippen molar-refractivity contribution in [1.29, 1.82) is 0 Å². The van der Waals surface area contributed by atoms with Crippen LogP contribution in [0.3, 0.4) is 0 Å². The molecule has 1 saturated heterocycles. The predicted molar refractivity (Wildman–Crippen MR) is 85.6 cm³/mol. The SMILES string of the molecule is CNC(=O)CNC(=O)Nc1ccc(N2CCOCC2)cc1C(F)(F)F. The Kier molecular flexibility index (Phi) is 6.07. The lowest BCUT2D eigenvalue weighted by Crippen LogP contribution is -2.38. The van der Waals surface area contributed by atoms with Gasteiger partial charge in [-0.15, -0.1) is 0 Å². The number of morpholine rings is 1. The maximum atomic E-state index is 13.3. The van der Waals surface area contributed by atoms with Crippen molar-refractivity contribution in [3.05, 3.63) is 23.8 Å². The molecule has 0 radical (unpaired) electrons. The van der Waals surface area contributed by atoms with Crippen LogP contribution < -0.4 is 20.9 Å². The molecule has 2 rings (SSSR count). The van der Waals surface area contributed by atoms with E-state index in [-0.39, 0.29) is 12.2 Å². The zero-order chi connectivity index (χ0) is 18.4. The van der Waals surface area contributed by atoms with Crippen molar-refractivity contribution in [2.75, 3.05) is 50.1 Å². The van der Waals surface area contributed by atoms with Gasteiger partial charge >= 0.3 is 12.2 Å². The molecule has 0 unspecified atom stereocenters. The van der Waals surface area contributed by atoms with E-state index in [0.717, 1.165) is 6.07 Å². The van der Waals surface area contributed by atoms with Crippen molar-refractivity contribution in [1.82, 2.24) is 10.6 Å². The normalized spacial score (nSPS) is 14.8. The van der Waals surface area contributed by atoms with Gasteiger partial charge in [-0.3, -0.25) is 4.79 Å². The smallest absolute Gasteiger partial charge is 0.378 e. The van der Waals surface area contributed by atoms with Crippen molar-refractivity contribution < 1.29 is 27.5 Å². The Morgan fingerprint density at radius 3 is 2.52 bits per heavy atom. The first-order valence-corrected chi connectivity index (χ1v) is 7.60. The van der Waals surface area contributed by atoms with Gasteiger partial charge in [0.2, 0.25) is 5.91 Å². The van der Waals surface area contributed by atoms with Crippen LogP contribution in [0.25, 0.3) is 0 Å². The van der Waals surface area contributed by atoms with E-state index < -0.39 is 23.7 Å². The van der Waals surface area contributed by atoms with Gasteiger partial charge in [-0.2, -0.15) is 13.2 Å². The average molecular weight is 360 g/mol. The van der Waals surface area contributed by atoms with E-state index >= 15 is 0 Å². The maximum Gasteiger partial charge on any atom is 0.418 e. The Labute approximate surface area is 142 Å². The Bertz CT molecular complexity index is 631. The molecule has 1 aliphatic heterocycles. The van der Waals surface area contributed by atoms with Crippen LogP contribution in [0.4, 0.5) is 29.3 Å². The summed E-state index contributed by atoms with van der Waals surface area (Å²) in [6, 6.07) is 2.81. The van der Waals surface area contributed by atoms with Gasteiger partial charge in [0.25, 0.3) is 0 Å². The number of ether oxygens (including phenoxy) is 1. The molecule has 138 valence electrons. The molecule has 0 saturated carbocycles. The Morgan fingerprint density at radius 2 is 1.92 bits per heavy atom. The van der Waals surface area contributed by atoms with E-state index in [2.05, 4.69) is 16.0 Å². The van der Waals surface area contributed by atoms with Crippen LogP contribution in [0.1, 0.15) is 5.56 Å². The number of urea groups is 1. The van der Waals surface area contributed by atoms with Gasteiger partial charge in [0, 0.05) is 25.8 Å². The molecule has 1 aliphatic rings. The van der Waals surface area contributed by atoms with Gasteiger partial charge in [0.1, 0.15) is 0 Å². The van der Waals surface area contributed by atoms with Gasteiger partial charge in [-0.05, 0) is 18.2 Å². The number of likely N-dealkylation sites (N-methyl/N-ethyl adjacent to an activating group) is 1. The number of carbonyl (C=O) groups is 2. The lowest BCUT2D eigenvalue weighted by Gasteiger charge is -2.29. The number of nitrogens with zero attached hydrogens (tertiary/aromatic N) is 1. The summed E-state index contributed by atoms with van der Waals surface area (Å²) in [6.07, 6.45) is -4.63. The van der Waals surface area contributed by atoms with Crippen LogP contribution in [0.15, 0.2) is 18.2 Å². The molecule has 3 N–H and O–H groups in total. The molecule has 3 amide bonds. The Balaban J connectivity index is 2.16. The molecule has 1 heterocycles. The highest BCUT2D eigenvalue weighted by molar-refractivity contribution is 5.93. The average Bonchev–Trinajstić information content (AvgIpc) is 2.59. The quantitative estimate of drug-likeness (QED) is 0.758. The van der Waals surface area contributed by atoms with Crippen molar-refractivity contribution in [3.63, 3.8) is 0 Å². The van der Waals surface area contributed by atoms with Crippen LogP contribution in [-0.2, 0) is 15.7 Å². The number of rotatable bonds is 4. The van der Waals surface area contributed by atoms with Crippen molar-refractivity contribution in [2.45, 2.75) is 6.18 Å². The number of carbonyl (C=O) groups excluding carboxylic acids is 2. The summed E-state index contributed by atoms with van der Waals surface area (Å²) in [6.45, 7) is 1.55. The summed E-state index contributed by atoms with van der Waals surface area (Å²) in [5.74, 6) is -0.464. The topological polar surface area (TPSA) is 82.7 Å². The summed E-state index contributed by atoms with van der Waals surface area (Å²) < 4.78 is 45.2. The monoisotopic (exact) mass is 360 g/mol. The zero-order valence-corrected chi connectivity index (χ0v) is 13.6. The fourth-order valence-corrected chi connectivity index (χ4v) is 2.31. The molecule has 1 aromatic carbocycles. The molecular formula is C15H19F3N4O3. The van der Waals surface area contributed by atoms with Crippen molar-refractivity contribution >= 4 is 23.3 Å². The minimum absolute atomic E-state index is 0.338. The zero-order valence-electron chi connectivity index (χ0n) is 13.6. The van der Waals surface area contributed by atoms with Crippen LogP contribution in [0.2, 0.25) is 0 Å². The van der Waals surface area contributed by atoms with E-state index in [0.29, 0.717) is 32.0 Å². The summed E-state index contributed by atoms with van der Waals surface area (Å²) >= 11 is 0. The minimum atomic E-state index is -4.63. The van der Waals surface area contributed by atoms with E-state index in [1.165, 1.54) is 19.2 Å². The fourth-order valence-electron chi connectivity index (χ4n) is 2.31. The molecule has 0 spiro atoms. The largest absolute Gasteiger partial charge is 0.418 e. The first-order valence-electron chi connectivity index (χ1n) is 7.60. The van der Waals surface area contributed by atoms with Gasteiger partial charge in [0.15, 0.2) is 0 Å². The number of alkyl halides is 3. The highest BCUT2D eigenvalue weighted by Crippen LogP contribution is 2.37. The number of benzene rings is 1. The molecule has 1 aromatic rings. The Hall–Kier alpha value is -2.49. The third kappa shape index (κ3) is 5.24. The lowest BCUT2D eigenvalue weighted by molar-refractivity contribution is -0.136. The number of hydrogen-bond donors (Lipinski definition) is 3. The number of amides is 3. The lowest BCUT2D eigenvalue weighted by atomic mass is 10.1. The molecule has 0 aromatic heterocycles. The second-order valence-corrected chi connectivity index (χ2v) is 5.31. The molecule has 1 fully saturated rings. The van der Waals surface area contributed by atoms with Gasteiger partial charge in [-0.25, -0.2) is 4.79 Å². The third-order valence-corrected chi connectivity index (χ3v) is 3.62. The standard InChI is InChI=1S/C15H19F3N4O3/c1-19-13(23)9-20-14(24)21-12-3-2-10(8-11(12)15(16,17)18)22-4-6-25-7-5-22/h2-3,8H,4-7,9H2,1H3,(H,19,23)(H2,20,21,24). The highest BCUT2D eigenvalue weighted by atomic mass is 19.4. The highest BCUT2D eigenvalue weighted by Gasteiger charge is 2.34. The van der Waals surface area contributed by atoms with Crippen LogP contribution in [0.5, 0.6) is 0 Å². The van der Waals surface area contributed by atoms with Crippen LogP contribution >= 0.6 is 0 Å². The molecule has 10 heteroatoms. The first-order chi connectivity index (χ1) is 11.8. The number of nitrogens with one attached hydrogen (secondary N) is 3. The van der Waals surface area contributed by atoms with E-state index in [1.807, 2.05) is 0 Å². The minimum Gasteiger partial charge on any atom is -0.378 e. The van der Waals surface area contributed by atoms with E-state index in [9.17, 15) is 22.8 Å². The number of anilines is 2. The van der Waals surface area contributed by atoms with Crippen molar-refractivity contribution in [2.24, 2.45) is 0 Å². The second kappa shape index (κ2) is 8.06. The fraction of sp³-hybridized carbons (Fsp3) is 0.467. The van der Waals surface area contributed by atoms with E-state index in [1.54, 1.807) is 4.90 Å². The van der Waals surface area contributed by atoms with Gasteiger partial charge < -0.3 is 25.6 Å². The molecule has 7 nitrogen and oxygen atoms in total. The number of halogens is 3. The first kappa shape index (κ1) is 18.8. The van der Waals surface area contributed by atoms with Gasteiger partial charge in [-0.1, -0.05) is 0 Å². The summed E-state index contributed by atoms with van der Waals surface area (Å²) in [5, 5.41) is 6.60. The predicted octanol–water partition coefficient (Wildman–Crippen LogP) is 1.41. The van der Waals surface area contributed by atoms with Crippen LogP contribution in [0, 0.1) is 0 Å². The second-order valence-electron chi connectivity index (χ2n) is 5.31. The molecule has 0 bridgehead atoms. The van der Waals surface area contributed by atoms with Gasteiger partial charge in [0.05, 0.1) is 31.0 Å². The summed E-state index contributed by atoms with van der Waals surface area (Å²) in [5.41, 5.74) is -0.919. The molecule has 25 heavy (non-hydrogen) atoms. The van der Waals surface area contributed by atoms with Crippen molar-refractivity contribution in [3.8, 4) is 0 Å². The summed E-state index contributed by atoms with van der Waals surface area (Å²) in [4.78, 5) is 24.6. The number of hydrogen-bond acceptors (Lipinski definition) is 4. The van der Waals surface area contributed by atoms with Crippen LogP contribution in [-0.4, -0.2) is 51.8 Å². The summed E-state index contributed by atoms with van der Waals surface area (Å²) in [7, 11) is 1.38. The maximum absolute atomic E-state index is 13.3. The molecule has 0 aliphatic carbocycles. The van der Waals surface area contributed by atoms with E-state index in [4.69, 9.17) is 4.74 Å². The molecule has 0 atom stereocenters. The molecular weight excluding hydrogens is 341 g/mol. The Morgan fingerprint density at radius 1 is 1.24 bits per heavy atom. The third-order valence-electron chi connectivity index (χ3n) is 3.62.